The van der Waals surface area contributed by atoms with Gasteiger partial charge in [0.15, 0.2) is 0 Å². The van der Waals surface area contributed by atoms with Crippen LogP contribution >= 0.6 is 0 Å². The molecule has 0 aromatic rings. The second-order valence-corrected chi connectivity index (χ2v) is 1.38. The van der Waals surface area contributed by atoms with E-state index in [1.807, 2.05) is 6.92 Å². The standard InChI is InChI=1S/C5H9NO2/c1-2-3-4-6-5(7)8/h4H,2-3H2,1H3,(H,7,8). The first-order chi connectivity index (χ1) is 3.77. The molecule has 0 aliphatic carbocycles. The number of hydrogen-bond donors (Lipinski definition) is 1. The van der Waals surface area contributed by atoms with Crippen molar-refractivity contribution in [2.45, 2.75) is 19.8 Å². The first kappa shape index (κ1) is 7.14. The lowest BCUT2D eigenvalue weighted by atomic mass is 10.4. The number of amides is 1. The van der Waals surface area contributed by atoms with E-state index in [1.54, 1.807) is 0 Å². The van der Waals surface area contributed by atoms with Crippen molar-refractivity contribution in [3.05, 3.63) is 0 Å². The van der Waals surface area contributed by atoms with Crippen LogP contribution in [-0.4, -0.2) is 17.4 Å². The number of carboxylic acid groups (broad SMARTS) is 1. The highest BCUT2D eigenvalue weighted by atomic mass is 16.4. The molecule has 0 aromatic heterocycles. The monoisotopic (exact) mass is 115 g/mol. The molecule has 1 N–H and O–H groups in total. The summed E-state index contributed by atoms with van der Waals surface area (Å²) in [4.78, 5) is 12.8. The van der Waals surface area contributed by atoms with Gasteiger partial charge in [-0.25, -0.2) is 4.79 Å². The molecular formula is C5H9NO2. The summed E-state index contributed by atoms with van der Waals surface area (Å²) in [5.74, 6) is 0. The van der Waals surface area contributed by atoms with E-state index in [4.69, 9.17) is 5.11 Å². The van der Waals surface area contributed by atoms with E-state index in [2.05, 4.69) is 4.99 Å². The lowest BCUT2D eigenvalue weighted by Crippen LogP contribution is -1.84. The topological polar surface area (TPSA) is 49.7 Å². The second kappa shape index (κ2) is 4.30. The summed E-state index contributed by atoms with van der Waals surface area (Å²) in [6, 6.07) is 0. The van der Waals surface area contributed by atoms with Crippen LogP contribution in [0, 0.1) is 0 Å². The number of hydrogen-bond acceptors (Lipinski definition) is 1. The van der Waals surface area contributed by atoms with E-state index in [-0.39, 0.29) is 0 Å². The van der Waals surface area contributed by atoms with Gasteiger partial charge in [-0.15, -0.1) is 0 Å². The van der Waals surface area contributed by atoms with Gasteiger partial charge in [0.2, 0.25) is 0 Å². The van der Waals surface area contributed by atoms with Gasteiger partial charge in [-0.2, -0.15) is 4.99 Å². The van der Waals surface area contributed by atoms with E-state index in [0.717, 1.165) is 12.8 Å². The number of aliphatic imine (C=N–C) groups is 1. The smallest absolute Gasteiger partial charge is 0.430 e. The average molecular weight is 115 g/mol. The Morgan fingerprint density at radius 1 is 1.88 bits per heavy atom. The van der Waals surface area contributed by atoms with E-state index >= 15 is 0 Å². The maximum absolute atomic E-state index is 9.68. The third kappa shape index (κ3) is 5.14. The molecule has 0 saturated carbocycles. The highest BCUT2D eigenvalue weighted by Gasteiger charge is 1.82. The average Bonchev–Trinajstić information content (AvgIpc) is 1.66. The van der Waals surface area contributed by atoms with Crippen LogP contribution in [0.25, 0.3) is 0 Å². The quantitative estimate of drug-likeness (QED) is 0.555. The van der Waals surface area contributed by atoms with Crippen LogP contribution < -0.4 is 0 Å². The molecule has 0 atom stereocenters. The molecule has 46 valence electrons. The van der Waals surface area contributed by atoms with Gasteiger partial charge >= 0.3 is 6.09 Å². The molecule has 8 heavy (non-hydrogen) atoms. The summed E-state index contributed by atoms with van der Waals surface area (Å²) in [5, 5.41) is 7.94. The van der Waals surface area contributed by atoms with Gasteiger partial charge in [-0.05, 0) is 6.42 Å². The molecule has 0 rings (SSSR count). The first-order valence-corrected chi connectivity index (χ1v) is 2.52. The number of carbonyl (C=O) groups is 1. The molecule has 0 aromatic carbocycles. The van der Waals surface area contributed by atoms with Crippen LogP contribution in [-0.2, 0) is 0 Å². The summed E-state index contributed by atoms with van der Waals surface area (Å²) in [6.07, 6.45) is 1.98. The molecule has 0 radical (unpaired) electrons. The molecule has 1 amide bonds. The van der Waals surface area contributed by atoms with E-state index < -0.39 is 6.09 Å². The predicted molar refractivity (Wildman–Crippen MR) is 31.4 cm³/mol. The van der Waals surface area contributed by atoms with Crippen LogP contribution in [0.3, 0.4) is 0 Å². The predicted octanol–water partition coefficient (Wildman–Crippen LogP) is 1.54. The molecule has 0 bridgehead atoms. The molecule has 3 nitrogen and oxygen atoms in total. The highest BCUT2D eigenvalue weighted by molar-refractivity contribution is 5.77. The van der Waals surface area contributed by atoms with Gasteiger partial charge in [0.05, 0.1) is 0 Å². The Bertz CT molecular complexity index is 98.6. The molecule has 0 heterocycles. The van der Waals surface area contributed by atoms with Crippen molar-refractivity contribution in [1.29, 1.82) is 0 Å². The van der Waals surface area contributed by atoms with E-state index in [1.165, 1.54) is 6.21 Å². The molecular weight excluding hydrogens is 106 g/mol. The summed E-state index contributed by atoms with van der Waals surface area (Å²) >= 11 is 0. The Labute approximate surface area is 48.1 Å². The maximum Gasteiger partial charge on any atom is 0.430 e. The molecule has 0 aliphatic rings. The van der Waals surface area contributed by atoms with Crippen molar-refractivity contribution in [2.24, 2.45) is 4.99 Å². The van der Waals surface area contributed by atoms with Crippen LogP contribution in [0.4, 0.5) is 4.79 Å². The molecule has 0 spiro atoms. The Kier molecular flexibility index (Phi) is 3.84. The molecule has 3 heteroatoms. The van der Waals surface area contributed by atoms with Crippen LogP contribution in [0.2, 0.25) is 0 Å². The number of nitrogens with zero attached hydrogens (tertiary/aromatic N) is 1. The zero-order valence-electron chi connectivity index (χ0n) is 4.79. The van der Waals surface area contributed by atoms with Gasteiger partial charge in [0.25, 0.3) is 0 Å². The Morgan fingerprint density at radius 2 is 2.50 bits per heavy atom. The van der Waals surface area contributed by atoms with Crippen molar-refractivity contribution >= 4 is 12.3 Å². The van der Waals surface area contributed by atoms with Crippen molar-refractivity contribution in [1.82, 2.24) is 0 Å². The van der Waals surface area contributed by atoms with Crippen molar-refractivity contribution in [2.75, 3.05) is 0 Å². The van der Waals surface area contributed by atoms with E-state index in [9.17, 15) is 4.79 Å². The van der Waals surface area contributed by atoms with Gasteiger partial charge in [0.1, 0.15) is 0 Å². The van der Waals surface area contributed by atoms with Crippen molar-refractivity contribution in [3.8, 4) is 0 Å². The fourth-order valence-electron chi connectivity index (χ4n) is 0.272. The summed E-state index contributed by atoms with van der Waals surface area (Å²) in [7, 11) is 0. The zero-order valence-corrected chi connectivity index (χ0v) is 4.79. The van der Waals surface area contributed by atoms with Crippen molar-refractivity contribution < 1.29 is 9.90 Å². The van der Waals surface area contributed by atoms with Gasteiger partial charge in [0, 0.05) is 6.21 Å². The van der Waals surface area contributed by atoms with Crippen LogP contribution in [0.15, 0.2) is 4.99 Å². The third-order valence-corrected chi connectivity index (χ3v) is 0.620. The second-order valence-electron chi connectivity index (χ2n) is 1.38. The molecule has 0 fully saturated rings. The normalized spacial score (nSPS) is 10.1. The summed E-state index contributed by atoms with van der Waals surface area (Å²) in [6.45, 7) is 1.97. The fraction of sp³-hybridized carbons (Fsp3) is 0.600. The summed E-state index contributed by atoms with van der Waals surface area (Å²) < 4.78 is 0. The molecule has 0 saturated heterocycles. The zero-order chi connectivity index (χ0) is 6.41. The van der Waals surface area contributed by atoms with E-state index in [0.29, 0.717) is 0 Å². The van der Waals surface area contributed by atoms with Crippen LogP contribution in [0.5, 0.6) is 0 Å². The third-order valence-electron chi connectivity index (χ3n) is 0.620. The lowest BCUT2D eigenvalue weighted by molar-refractivity contribution is 0.206. The largest absolute Gasteiger partial charge is 0.463 e. The summed E-state index contributed by atoms with van der Waals surface area (Å²) in [5.41, 5.74) is 0. The van der Waals surface area contributed by atoms with Gasteiger partial charge in [-0.1, -0.05) is 13.3 Å². The van der Waals surface area contributed by atoms with Gasteiger partial charge < -0.3 is 5.11 Å². The minimum absolute atomic E-state index is 0.742. The lowest BCUT2D eigenvalue weighted by Gasteiger charge is -1.79. The van der Waals surface area contributed by atoms with Gasteiger partial charge in [-0.3, -0.25) is 0 Å². The Balaban J connectivity index is 3.20. The highest BCUT2D eigenvalue weighted by Crippen LogP contribution is 1.80. The number of unbranched alkanes of at least 4 members (excludes halogenated alkanes) is 1. The SMILES string of the molecule is CCCC=NC(=O)O. The van der Waals surface area contributed by atoms with Crippen molar-refractivity contribution in [3.63, 3.8) is 0 Å². The Morgan fingerprint density at radius 3 is 2.88 bits per heavy atom. The number of rotatable bonds is 2. The minimum Gasteiger partial charge on any atom is -0.463 e. The fourth-order valence-corrected chi connectivity index (χ4v) is 0.272. The Hall–Kier alpha value is -0.860. The first-order valence-electron chi connectivity index (χ1n) is 2.52. The maximum atomic E-state index is 9.68. The molecule has 0 aliphatic heterocycles. The van der Waals surface area contributed by atoms with Crippen LogP contribution in [0.1, 0.15) is 19.8 Å². The minimum atomic E-state index is -1.11. The molecule has 0 unspecified atom stereocenters.